The number of aryl methyl sites for hydroxylation is 1. The minimum Gasteiger partial charge on any atom is -0.358 e. The van der Waals surface area contributed by atoms with Crippen LogP contribution in [-0.4, -0.2) is 38.5 Å². The Balaban J connectivity index is 1.89. The van der Waals surface area contributed by atoms with Gasteiger partial charge in [0.25, 0.3) is 0 Å². The molecule has 0 saturated heterocycles. The zero-order valence-electron chi connectivity index (χ0n) is 12.1. The summed E-state index contributed by atoms with van der Waals surface area (Å²) in [5.41, 5.74) is 2.84. The second-order valence-corrected chi connectivity index (χ2v) is 4.95. The first-order valence-corrected chi connectivity index (χ1v) is 6.97. The van der Waals surface area contributed by atoms with Gasteiger partial charge in [-0.05, 0) is 30.4 Å². The van der Waals surface area contributed by atoms with E-state index in [0.29, 0.717) is 12.0 Å². The van der Waals surface area contributed by atoms with Crippen LogP contribution >= 0.6 is 0 Å². The molecule has 0 bridgehead atoms. The molecule has 108 valence electrons. The number of fused-ring (bicyclic) bond motifs is 1. The third kappa shape index (κ3) is 3.73. The van der Waals surface area contributed by atoms with E-state index in [0.717, 1.165) is 19.3 Å². The quantitative estimate of drug-likeness (QED) is 0.554. The van der Waals surface area contributed by atoms with Gasteiger partial charge >= 0.3 is 0 Å². The summed E-state index contributed by atoms with van der Waals surface area (Å²) in [6, 6.07) is 8.92. The number of hydrogen-bond acceptors (Lipinski definition) is 2. The highest BCUT2D eigenvalue weighted by Crippen LogP contribution is 2.20. The van der Waals surface area contributed by atoms with Gasteiger partial charge in [-0.25, -0.2) is 0 Å². The third-order valence-corrected chi connectivity index (χ3v) is 3.61. The molecule has 1 unspecified atom stereocenters. The highest BCUT2D eigenvalue weighted by atomic mass is 16.1. The fourth-order valence-electron chi connectivity index (χ4n) is 2.46. The molecule has 0 fully saturated rings. The molecule has 0 saturated carbocycles. The Morgan fingerprint density at radius 2 is 2.10 bits per heavy atom. The van der Waals surface area contributed by atoms with Crippen LogP contribution in [0.1, 0.15) is 17.5 Å². The summed E-state index contributed by atoms with van der Waals surface area (Å²) >= 11 is 0. The summed E-state index contributed by atoms with van der Waals surface area (Å²) in [5.74, 6) is 0.625. The lowest BCUT2D eigenvalue weighted by molar-refractivity contribution is -0.119. The van der Waals surface area contributed by atoms with Crippen molar-refractivity contribution in [3.63, 3.8) is 0 Å². The van der Waals surface area contributed by atoms with Gasteiger partial charge in [0.15, 0.2) is 5.96 Å². The molecule has 1 amide bonds. The first-order valence-electron chi connectivity index (χ1n) is 6.97. The number of rotatable bonds is 3. The van der Waals surface area contributed by atoms with Crippen molar-refractivity contribution in [1.82, 2.24) is 16.0 Å². The summed E-state index contributed by atoms with van der Waals surface area (Å²) in [6.07, 6.45) is 3.16. The topological polar surface area (TPSA) is 65.5 Å². The highest BCUT2D eigenvalue weighted by molar-refractivity contribution is 5.86. The average molecular weight is 274 g/mol. The Hall–Kier alpha value is -2.04. The maximum atomic E-state index is 11.2. The molecule has 1 aliphatic rings. The number of nitrogens with one attached hydrogen (secondary N) is 3. The second kappa shape index (κ2) is 6.93. The fraction of sp³-hybridized carbons (Fsp3) is 0.467. The first-order chi connectivity index (χ1) is 9.72. The first kappa shape index (κ1) is 14.4. The summed E-state index contributed by atoms with van der Waals surface area (Å²) in [4.78, 5) is 15.4. The smallest absolute Gasteiger partial charge is 0.239 e. The van der Waals surface area contributed by atoms with Gasteiger partial charge in [0, 0.05) is 20.1 Å². The van der Waals surface area contributed by atoms with Crippen LogP contribution in [0.2, 0.25) is 0 Å². The van der Waals surface area contributed by atoms with Gasteiger partial charge in [0.2, 0.25) is 5.91 Å². The summed E-state index contributed by atoms with van der Waals surface area (Å²) in [6.45, 7) is 0.236. The van der Waals surface area contributed by atoms with Gasteiger partial charge in [-0.1, -0.05) is 24.3 Å². The van der Waals surface area contributed by atoms with E-state index in [4.69, 9.17) is 0 Å². The van der Waals surface area contributed by atoms with E-state index in [1.54, 1.807) is 14.1 Å². The summed E-state index contributed by atoms with van der Waals surface area (Å²) in [5, 5.41) is 8.98. The van der Waals surface area contributed by atoms with Gasteiger partial charge in [-0.2, -0.15) is 0 Å². The van der Waals surface area contributed by atoms with E-state index in [1.807, 2.05) is 0 Å². The molecule has 1 aromatic carbocycles. The molecule has 2 rings (SSSR count). The van der Waals surface area contributed by atoms with E-state index in [1.165, 1.54) is 11.1 Å². The molecule has 3 N–H and O–H groups in total. The van der Waals surface area contributed by atoms with Crippen LogP contribution in [0.3, 0.4) is 0 Å². The molecule has 1 aliphatic carbocycles. The van der Waals surface area contributed by atoms with Gasteiger partial charge < -0.3 is 16.0 Å². The van der Waals surface area contributed by atoms with Crippen molar-refractivity contribution in [3.05, 3.63) is 35.4 Å². The van der Waals surface area contributed by atoms with Gasteiger partial charge in [0.1, 0.15) is 0 Å². The molecule has 1 atom stereocenters. The molecule has 0 radical (unpaired) electrons. The van der Waals surface area contributed by atoms with Crippen molar-refractivity contribution in [1.29, 1.82) is 0 Å². The van der Waals surface area contributed by atoms with Crippen LogP contribution in [0.25, 0.3) is 0 Å². The Bertz CT molecular complexity index is 498. The van der Waals surface area contributed by atoms with E-state index < -0.39 is 0 Å². The van der Waals surface area contributed by atoms with Crippen molar-refractivity contribution in [2.45, 2.75) is 25.3 Å². The van der Waals surface area contributed by atoms with Crippen LogP contribution in [0.5, 0.6) is 0 Å². The number of hydrogen-bond donors (Lipinski definition) is 3. The van der Waals surface area contributed by atoms with Crippen molar-refractivity contribution < 1.29 is 4.79 Å². The Labute approximate surface area is 119 Å². The third-order valence-electron chi connectivity index (χ3n) is 3.61. The van der Waals surface area contributed by atoms with Crippen LogP contribution in [0.15, 0.2) is 29.3 Å². The number of likely N-dealkylation sites (N-methyl/N-ethyl adjacent to an activating group) is 1. The maximum Gasteiger partial charge on any atom is 0.239 e. The molecular formula is C15H22N4O. The van der Waals surface area contributed by atoms with Crippen molar-refractivity contribution >= 4 is 11.9 Å². The number of amides is 1. The molecule has 5 nitrogen and oxygen atoms in total. The minimum atomic E-state index is -0.0538. The monoisotopic (exact) mass is 274 g/mol. The maximum absolute atomic E-state index is 11.2. The van der Waals surface area contributed by atoms with Gasteiger partial charge in [0.05, 0.1) is 6.54 Å². The van der Waals surface area contributed by atoms with Crippen LogP contribution in [-0.2, 0) is 17.6 Å². The lowest BCUT2D eigenvalue weighted by Crippen LogP contribution is -2.48. The van der Waals surface area contributed by atoms with E-state index in [9.17, 15) is 4.79 Å². The fourth-order valence-corrected chi connectivity index (χ4v) is 2.46. The Kier molecular flexibility index (Phi) is 4.98. The molecule has 20 heavy (non-hydrogen) atoms. The van der Waals surface area contributed by atoms with Crippen molar-refractivity contribution in [2.75, 3.05) is 20.6 Å². The van der Waals surface area contributed by atoms with E-state index in [-0.39, 0.29) is 12.5 Å². The standard InChI is InChI=1S/C15H22N4O/c1-16-14(20)10-18-15(17-2)19-13-8-7-11-5-3-4-6-12(11)9-13/h3-6,13H,7-10H2,1-2H3,(H,16,20)(H2,17,18,19). The van der Waals surface area contributed by atoms with Crippen LogP contribution < -0.4 is 16.0 Å². The Morgan fingerprint density at radius 3 is 2.80 bits per heavy atom. The average Bonchev–Trinajstić information content (AvgIpc) is 2.50. The normalized spacial score (nSPS) is 18.1. The SMILES string of the molecule is CN=C(NCC(=O)NC)NC1CCc2ccccc2C1. The predicted molar refractivity (Wildman–Crippen MR) is 80.8 cm³/mol. The molecule has 0 spiro atoms. The highest BCUT2D eigenvalue weighted by Gasteiger charge is 2.19. The molecule has 0 heterocycles. The summed E-state index contributed by atoms with van der Waals surface area (Å²) < 4.78 is 0. The second-order valence-electron chi connectivity index (χ2n) is 4.95. The van der Waals surface area contributed by atoms with Crippen molar-refractivity contribution in [2.24, 2.45) is 4.99 Å². The van der Waals surface area contributed by atoms with Crippen LogP contribution in [0.4, 0.5) is 0 Å². The number of carbonyl (C=O) groups is 1. The van der Waals surface area contributed by atoms with E-state index >= 15 is 0 Å². The number of guanidine groups is 1. The number of nitrogens with zero attached hydrogens (tertiary/aromatic N) is 1. The largest absolute Gasteiger partial charge is 0.358 e. The van der Waals surface area contributed by atoms with Gasteiger partial charge in [-0.15, -0.1) is 0 Å². The molecule has 5 heteroatoms. The van der Waals surface area contributed by atoms with Crippen LogP contribution in [0, 0.1) is 0 Å². The zero-order chi connectivity index (χ0) is 14.4. The van der Waals surface area contributed by atoms with Crippen molar-refractivity contribution in [3.8, 4) is 0 Å². The number of carbonyl (C=O) groups excluding carboxylic acids is 1. The molecular weight excluding hydrogens is 252 g/mol. The lowest BCUT2D eigenvalue weighted by Gasteiger charge is -2.27. The minimum absolute atomic E-state index is 0.0538. The Morgan fingerprint density at radius 1 is 1.35 bits per heavy atom. The van der Waals surface area contributed by atoms with E-state index in [2.05, 4.69) is 45.2 Å². The van der Waals surface area contributed by atoms with Gasteiger partial charge in [-0.3, -0.25) is 9.79 Å². The molecule has 1 aromatic rings. The number of benzene rings is 1. The summed E-state index contributed by atoms with van der Waals surface area (Å²) in [7, 11) is 3.34. The molecule has 0 aromatic heterocycles. The predicted octanol–water partition coefficient (Wildman–Crippen LogP) is 0.455. The number of aliphatic imine (C=N–C) groups is 1. The lowest BCUT2D eigenvalue weighted by atomic mass is 9.88. The zero-order valence-corrected chi connectivity index (χ0v) is 12.1. The molecule has 0 aliphatic heterocycles.